The summed E-state index contributed by atoms with van der Waals surface area (Å²) in [6.45, 7) is 6.17. The molecule has 0 spiro atoms. The van der Waals surface area contributed by atoms with Crippen LogP contribution in [0.25, 0.3) is 0 Å². The van der Waals surface area contributed by atoms with Crippen LogP contribution in [-0.2, 0) is 0 Å². The van der Waals surface area contributed by atoms with Gasteiger partial charge < -0.3 is 14.9 Å². The van der Waals surface area contributed by atoms with E-state index in [0.717, 1.165) is 45.7 Å². The standard InChI is InChI=1S/C21H26ClN3OS/c22-17-6-7-21-19(16-17)25(18-4-1-2-5-20(18)27-21)9-3-8-23-10-12-24(13-11-23)14-15-26/h1-2,4-7,16,26H,3,8-15H2/i4D,5D,7D,16D. The van der Waals surface area contributed by atoms with E-state index in [9.17, 15) is 0 Å². The summed E-state index contributed by atoms with van der Waals surface area (Å²) in [5.41, 5.74) is 1.20. The summed E-state index contributed by atoms with van der Waals surface area (Å²) < 4.78 is 33.7. The average Bonchev–Trinajstić information content (AvgIpc) is 2.75. The van der Waals surface area contributed by atoms with Crippen molar-refractivity contribution >= 4 is 34.7 Å². The van der Waals surface area contributed by atoms with Gasteiger partial charge in [-0.2, -0.15) is 0 Å². The first-order chi connectivity index (χ1) is 14.9. The van der Waals surface area contributed by atoms with Gasteiger partial charge in [-0.05, 0) is 43.2 Å². The summed E-state index contributed by atoms with van der Waals surface area (Å²) >= 11 is 7.54. The van der Waals surface area contributed by atoms with Crippen LogP contribution in [0.2, 0.25) is 5.02 Å². The molecule has 0 atom stereocenters. The van der Waals surface area contributed by atoms with Crippen LogP contribution in [0.5, 0.6) is 0 Å². The number of aliphatic hydroxyl groups is 1. The lowest BCUT2D eigenvalue weighted by Gasteiger charge is -2.36. The Kier molecular flexibility index (Phi) is 4.82. The summed E-state index contributed by atoms with van der Waals surface area (Å²) in [4.78, 5) is 7.87. The molecule has 1 fully saturated rings. The number of anilines is 2. The number of benzene rings is 2. The summed E-state index contributed by atoms with van der Waals surface area (Å²) in [5, 5.41) is 9.33. The molecule has 6 heteroatoms. The molecule has 0 aliphatic carbocycles. The Labute approximate surface area is 176 Å². The lowest BCUT2D eigenvalue weighted by molar-refractivity contribution is 0.112. The van der Waals surface area contributed by atoms with Gasteiger partial charge in [0, 0.05) is 54.1 Å². The molecule has 1 N–H and O–H groups in total. The van der Waals surface area contributed by atoms with Crippen LogP contribution in [0, 0.1) is 0 Å². The molecule has 1 saturated heterocycles. The maximum Gasteiger partial charge on any atom is 0.0661 e. The zero-order chi connectivity index (χ0) is 22.1. The number of hydrogen-bond acceptors (Lipinski definition) is 5. The first-order valence-electron chi connectivity index (χ1n) is 11.3. The van der Waals surface area contributed by atoms with Gasteiger partial charge in [0.25, 0.3) is 0 Å². The van der Waals surface area contributed by atoms with Crippen molar-refractivity contribution in [2.45, 2.75) is 16.2 Å². The highest BCUT2D eigenvalue weighted by Gasteiger charge is 2.23. The van der Waals surface area contributed by atoms with Crippen molar-refractivity contribution in [3.63, 3.8) is 0 Å². The number of piperazine rings is 1. The Morgan fingerprint density at radius 3 is 2.44 bits per heavy atom. The highest BCUT2D eigenvalue weighted by molar-refractivity contribution is 7.99. The van der Waals surface area contributed by atoms with Crippen molar-refractivity contribution < 1.29 is 10.6 Å². The zero-order valence-electron chi connectivity index (χ0n) is 19.2. The van der Waals surface area contributed by atoms with Crippen molar-refractivity contribution in [3.8, 4) is 0 Å². The van der Waals surface area contributed by atoms with Crippen LogP contribution in [0.1, 0.15) is 11.9 Å². The Morgan fingerprint density at radius 1 is 0.963 bits per heavy atom. The summed E-state index contributed by atoms with van der Waals surface area (Å²) in [6, 6.07) is 5.77. The second kappa shape index (κ2) is 8.84. The molecule has 2 aliphatic heterocycles. The van der Waals surface area contributed by atoms with Gasteiger partial charge in [-0.3, -0.25) is 4.90 Å². The molecule has 144 valence electrons. The molecule has 27 heavy (non-hydrogen) atoms. The van der Waals surface area contributed by atoms with Gasteiger partial charge in [0.15, 0.2) is 0 Å². The molecule has 4 rings (SSSR count). The van der Waals surface area contributed by atoms with E-state index in [1.54, 1.807) is 12.1 Å². The molecule has 0 amide bonds. The van der Waals surface area contributed by atoms with E-state index in [0.29, 0.717) is 39.8 Å². The Morgan fingerprint density at radius 2 is 1.67 bits per heavy atom. The quantitative estimate of drug-likeness (QED) is 0.783. The fraction of sp³-hybridized carbons (Fsp3) is 0.429. The lowest BCUT2D eigenvalue weighted by Crippen LogP contribution is -2.47. The molecule has 2 aliphatic rings. The van der Waals surface area contributed by atoms with E-state index < -0.39 is 0 Å². The number of nitrogens with zero attached hydrogens (tertiary/aromatic N) is 3. The number of β-amino-alcohol motifs (C(OH)–C–C–N with tert-alkyl or cyclic N) is 1. The van der Waals surface area contributed by atoms with Gasteiger partial charge in [-0.1, -0.05) is 35.5 Å². The molecule has 0 radical (unpaired) electrons. The molecule has 0 saturated carbocycles. The number of fused-ring (bicyclic) bond motifs is 2. The molecule has 2 heterocycles. The molecule has 2 aromatic carbocycles. The molecular formula is C21H26ClN3OS. The SMILES string of the molecule is [2H]c1ccc([2H])c2c1Sc1c([2H])cc(Cl)c([2H])c1N2CCCN1CCN(CCO)CC1. The minimum Gasteiger partial charge on any atom is -0.395 e. The van der Waals surface area contributed by atoms with Crippen LogP contribution in [-0.4, -0.2) is 67.3 Å². The first-order valence-corrected chi connectivity index (χ1v) is 10.5. The third-order valence-corrected chi connectivity index (χ3v) is 6.23. The van der Waals surface area contributed by atoms with Gasteiger partial charge in [0.1, 0.15) is 0 Å². The van der Waals surface area contributed by atoms with Crippen LogP contribution in [0.3, 0.4) is 0 Å². The van der Waals surface area contributed by atoms with Crippen LogP contribution >= 0.6 is 23.4 Å². The van der Waals surface area contributed by atoms with Gasteiger partial charge in [0.05, 0.1) is 23.5 Å². The van der Waals surface area contributed by atoms with E-state index in [1.165, 1.54) is 17.8 Å². The normalized spacial score (nSPS) is 19.7. The summed E-state index contributed by atoms with van der Waals surface area (Å²) in [7, 11) is 0. The van der Waals surface area contributed by atoms with E-state index in [-0.39, 0.29) is 23.7 Å². The molecule has 4 nitrogen and oxygen atoms in total. The van der Waals surface area contributed by atoms with Crippen LogP contribution in [0.15, 0.2) is 52.2 Å². The minimum absolute atomic E-state index is 0.165. The number of aliphatic hydroxyl groups excluding tert-OH is 1. The van der Waals surface area contributed by atoms with Crippen molar-refractivity contribution in [1.29, 1.82) is 0 Å². The lowest BCUT2D eigenvalue weighted by atomic mass is 10.2. The molecule has 0 unspecified atom stereocenters. The van der Waals surface area contributed by atoms with Crippen LogP contribution in [0.4, 0.5) is 11.4 Å². The Hall–Kier alpha value is -1.24. The second-order valence-corrected chi connectivity index (χ2v) is 8.18. The Bertz CT molecular complexity index is 972. The van der Waals surface area contributed by atoms with E-state index >= 15 is 0 Å². The maximum atomic E-state index is 9.10. The van der Waals surface area contributed by atoms with Crippen molar-refractivity contribution in [3.05, 3.63) is 47.4 Å². The Balaban J connectivity index is 1.57. The van der Waals surface area contributed by atoms with Gasteiger partial charge in [-0.25, -0.2) is 0 Å². The maximum absolute atomic E-state index is 9.10. The van der Waals surface area contributed by atoms with E-state index in [4.69, 9.17) is 22.2 Å². The fourth-order valence-electron chi connectivity index (χ4n) is 3.59. The van der Waals surface area contributed by atoms with E-state index in [2.05, 4.69) is 9.80 Å². The third-order valence-electron chi connectivity index (χ3n) is 5.00. The monoisotopic (exact) mass is 407 g/mol. The largest absolute Gasteiger partial charge is 0.395 e. The zero-order valence-corrected chi connectivity index (χ0v) is 16.7. The smallest absolute Gasteiger partial charge is 0.0661 e. The number of hydrogen-bond donors (Lipinski definition) is 1. The predicted molar refractivity (Wildman–Crippen MR) is 114 cm³/mol. The third kappa shape index (κ3) is 4.44. The first kappa shape index (κ1) is 14.7. The average molecular weight is 408 g/mol. The summed E-state index contributed by atoms with van der Waals surface area (Å²) in [5.74, 6) is 0. The summed E-state index contributed by atoms with van der Waals surface area (Å²) in [6.07, 6.45) is 0.824. The van der Waals surface area contributed by atoms with Crippen molar-refractivity contribution in [2.24, 2.45) is 0 Å². The molecule has 0 aromatic heterocycles. The number of halogens is 1. The second-order valence-electron chi connectivity index (χ2n) is 6.75. The van der Waals surface area contributed by atoms with Gasteiger partial charge >= 0.3 is 0 Å². The minimum atomic E-state index is 0.165. The molecule has 2 aromatic rings. The predicted octanol–water partition coefficient (Wildman–Crippen LogP) is 3.94. The molecular weight excluding hydrogens is 378 g/mol. The topological polar surface area (TPSA) is 30.0 Å². The van der Waals surface area contributed by atoms with Crippen LogP contribution < -0.4 is 4.90 Å². The van der Waals surface area contributed by atoms with E-state index in [1.807, 2.05) is 4.90 Å². The number of rotatable bonds is 6. The highest BCUT2D eigenvalue weighted by atomic mass is 35.5. The number of para-hydroxylation sites is 1. The molecule has 0 bridgehead atoms. The fourth-order valence-corrected chi connectivity index (χ4v) is 4.71. The van der Waals surface area contributed by atoms with Gasteiger partial charge in [-0.15, -0.1) is 0 Å². The highest BCUT2D eigenvalue weighted by Crippen LogP contribution is 2.48. The van der Waals surface area contributed by atoms with Crippen molar-refractivity contribution in [1.82, 2.24) is 9.80 Å². The van der Waals surface area contributed by atoms with Gasteiger partial charge in [0.2, 0.25) is 0 Å². The van der Waals surface area contributed by atoms with Crippen molar-refractivity contribution in [2.75, 3.05) is 57.3 Å².